The lowest BCUT2D eigenvalue weighted by Gasteiger charge is -2.12. The summed E-state index contributed by atoms with van der Waals surface area (Å²) in [7, 11) is 0. The molecular weight excluding hydrogens is 288 g/mol. The zero-order valence-corrected chi connectivity index (χ0v) is 12.0. The molecule has 18 heavy (non-hydrogen) atoms. The fourth-order valence-corrected chi connectivity index (χ4v) is 2.57. The SMILES string of the molecule is Cc1ccnc(N)c1CCC(Br)c1ccccc1. The number of anilines is 1. The normalized spacial score (nSPS) is 12.3. The number of nitrogens with two attached hydrogens (primary N) is 1. The lowest BCUT2D eigenvalue weighted by Crippen LogP contribution is -2.02. The molecule has 0 spiro atoms. The van der Waals surface area contributed by atoms with Crippen molar-refractivity contribution in [3.05, 3.63) is 59.3 Å². The van der Waals surface area contributed by atoms with Crippen LogP contribution in [0.4, 0.5) is 5.82 Å². The van der Waals surface area contributed by atoms with Gasteiger partial charge in [0.25, 0.3) is 0 Å². The molecule has 0 radical (unpaired) electrons. The fourth-order valence-electron chi connectivity index (χ4n) is 2.03. The minimum Gasteiger partial charge on any atom is -0.383 e. The highest BCUT2D eigenvalue weighted by atomic mass is 79.9. The first kappa shape index (κ1) is 13.1. The van der Waals surface area contributed by atoms with Crippen LogP contribution in [0.2, 0.25) is 0 Å². The van der Waals surface area contributed by atoms with Crippen molar-refractivity contribution in [3.63, 3.8) is 0 Å². The Morgan fingerprint density at radius 3 is 2.61 bits per heavy atom. The van der Waals surface area contributed by atoms with Crippen LogP contribution in [0.1, 0.15) is 27.9 Å². The van der Waals surface area contributed by atoms with E-state index in [4.69, 9.17) is 5.73 Å². The van der Waals surface area contributed by atoms with Crippen molar-refractivity contribution in [2.75, 3.05) is 5.73 Å². The molecule has 0 aliphatic heterocycles. The van der Waals surface area contributed by atoms with E-state index in [2.05, 4.69) is 52.1 Å². The Labute approximate surface area is 116 Å². The molecule has 2 rings (SSSR count). The predicted octanol–water partition coefficient (Wildman–Crippen LogP) is 4.04. The first-order valence-electron chi connectivity index (χ1n) is 6.07. The third-order valence-corrected chi connectivity index (χ3v) is 4.12. The molecule has 2 nitrogen and oxygen atoms in total. The Balaban J connectivity index is 2.04. The molecule has 2 aromatic rings. The number of benzene rings is 1. The highest BCUT2D eigenvalue weighted by Crippen LogP contribution is 2.29. The molecule has 1 atom stereocenters. The van der Waals surface area contributed by atoms with Crippen molar-refractivity contribution in [2.45, 2.75) is 24.6 Å². The second kappa shape index (κ2) is 6.01. The summed E-state index contributed by atoms with van der Waals surface area (Å²) in [5.41, 5.74) is 9.61. The summed E-state index contributed by atoms with van der Waals surface area (Å²) in [6, 6.07) is 12.4. The van der Waals surface area contributed by atoms with Gasteiger partial charge in [-0.1, -0.05) is 46.3 Å². The molecule has 0 amide bonds. The van der Waals surface area contributed by atoms with E-state index in [1.54, 1.807) is 6.20 Å². The van der Waals surface area contributed by atoms with E-state index in [-0.39, 0.29) is 0 Å². The summed E-state index contributed by atoms with van der Waals surface area (Å²) in [6.07, 6.45) is 3.72. The maximum Gasteiger partial charge on any atom is 0.126 e. The molecule has 0 aliphatic rings. The first-order valence-corrected chi connectivity index (χ1v) is 6.99. The number of nitrogens with zero attached hydrogens (tertiary/aromatic N) is 1. The molecule has 94 valence electrons. The average Bonchev–Trinajstić information content (AvgIpc) is 2.39. The van der Waals surface area contributed by atoms with Gasteiger partial charge in [-0.05, 0) is 42.5 Å². The number of pyridine rings is 1. The largest absolute Gasteiger partial charge is 0.383 e. The fraction of sp³-hybridized carbons (Fsp3) is 0.267. The summed E-state index contributed by atoms with van der Waals surface area (Å²) in [5, 5.41) is 0. The Bertz CT molecular complexity index is 491. The van der Waals surface area contributed by atoms with Crippen molar-refractivity contribution in [1.29, 1.82) is 0 Å². The van der Waals surface area contributed by atoms with Gasteiger partial charge in [-0.15, -0.1) is 0 Å². The van der Waals surface area contributed by atoms with Crippen molar-refractivity contribution in [3.8, 4) is 0 Å². The minimum atomic E-state index is 0.359. The molecule has 0 saturated heterocycles. The van der Waals surface area contributed by atoms with Crippen molar-refractivity contribution >= 4 is 21.7 Å². The number of rotatable bonds is 4. The Morgan fingerprint density at radius 1 is 1.22 bits per heavy atom. The Morgan fingerprint density at radius 2 is 1.94 bits per heavy atom. The van der Waals surface area contributed by atoms with Crippen LogP contribution in [0, 0.1) is 6.92 Å². The summed E-state index contributed by atoms with van der Waals surface area (Å²) in [6.45, 7) is 2.08. The van der Waals surface area contributed by atoms with E-state index in [9.17, 15) is 0 Å². The number of halogens is 1. The highest BCUT2D eigenvalue weighted by Gasteiger charge is 2.10. The van der Waals surface area contributed by atoms with Gasteiger partial charge in [-0.25, -0.2) is 4.98 Å². The number of nitrogen functional groups attached to an aromatic ring is 1. The molecule has 0 fully saturated rings. The van der Waals surface area contributed by atoms with Crippen LogP contribution in [0.15, 0.2) is 42.6 Å². The number of alkyl halides is 1. The zero-order chi connectivity index (χ0) is 13.0. The lowest BCUT2D eigenvalue weighted by molar-refractivity contribution is 0.807. The van der Waals surface area contributed by atoms with E-state index in [1.165, 1.54) is 11.1 Å². The molecule has 3 heteroatoms. The third kappa shape index (κ3) is 3.10. The number of aryl methyl sites for hydroxylation is 1. The molecule has 0 aliphatic carbocycles. The quantitative estimate of drug-likeness (QED) is 0.866. The second-order valence-corrected chi connectivity index (χ2v) is 5.51. The Hall–Kier alpha value is -1.35. The Kier molecular flexibility index (Phi) is 4.37. The van der Waals surface area contributed by atoms with Gasteiger partial charge in [0.1, 0.15) is 5.82 Å². The number of hydrogen-bond donors (Lipinski definition) is 1. The van der Waals surface area contributed by atoms with Crippen LogP contribution in [-0.4, -0.2) is 4.98 Å². The van der Waals surface area contributed by atoms with Crippen molar-refractivity contribution in [2.24, 2.45) is 0 Å². The van der Waals surface area contributed by atoms with Crippen molar-refractivity contribution < 1.29 is 0 Å². The standard InChI is InChI=1S/C15H17BrN2/c1-11-9-10-18-15(17)13(11)7-8-14(16)12-5-3-2-4-6-12/h2-6,9-10,14H,7-8H2,1H3,(H2,17,18). The van der Waals surface area contributed by atoms with E-state index < -0.39 is 0 Å². The number of aromatic nitrogens is 1. The zero-order valence-electron chi connectivity index (χ0n) is 10.4. The van der Waals surface area contributed by atoms with E-state index in [1.807, 2.05) is 12.1 Å². The monoisotopic (exact) mass is 304 g/mol. The maximum absolute atomic E-state index is 5.92. The molecule has 1 aromatic carbocycles. The van der Waals surface area contributed by atoms with Crippen LogP contribution in [0.5, 0.6) is 0 Å². The molecular formula is C15H17BrN2. The van der Waals surface area contributed by atoms with Gasteiger partial charge >= 0.3 is 0 Å². The van der Waals surface area contributed by atoms with Crippen LogP contribution < -0.4 is 5.73 Å². The summed E-state index contributed by atoms with van der Waals surface area (Å²) in [4.78, 5) is 4.51. The molecule has 1 heterocycles. The van der Waals surface area contributed by atoms with Gasteiger partial charge in [0.05, 0.1) is 0 Å². The molecule has 1 unspecified atom stereocenters. The smallest absolute Gasteiger partial charge is 0.126 e. The molecule has 0 saturated carbocycles. The summed E-state index contributed by atoms with van der Waals surface area (Å²) in [5.74, 6) is 0.655. The van der Waals surface area contributed by atoms with Gasteiger partial charge in [0, 0.05) is 11.0 Å². The molecule has 2 N–H and O–H groups in total. The van der Waals surface area contributed by atoms with Crippen LogP contribution in [0.3, 0.4) is 0 Å². The van der Waals surface area contributed by atoms with E-state index in [0.717, 1.165) is 18.4 Å². The third-order valence-electron chi connectivity index (χ3n) is 3.13. The van der Waals surface area contributed by atoms with Gasteiger partial charge in [0.2, 0.25) is 0 Å². The minimum absolute atomic E-state index is 0.359. The molecule has 1 aromatic heterocycles. The molecule has 0 bridgehead atoms. The summed E-state index contributed by atoms with van der Waals surface area (Å²) < 4.78 is 0. The van der Waals surface area contributed by atoms with Gasteiger partial charge < -0.3 is 5.73 Å². The van der Waals surface area contributed by atoms with Gasteiger partial charge in [0.15, 0.2) is 0 Å². The summed E-state index contributed by atoms with van der Waals surface area (Å²) >= 11 is 3.73. The second-order valence-electron chi connectivity index (χ2n) is 4.41. The average molecular weight is 305 g/mol. The topological polar surface area (TPSA) is 38.9 Å². The van der Waals surface area contributed by atoms with Gasteiger partial charge in [-0.3, -0.25) is 0 Å². The van der Waals surface area contributed by atoms with Crippen LogP contribution in [0.25, 0.3) is 0 Å². The van der Waals surface area contributed by atoms with E-state index >= 15 is 0 Å². The van der Waals surface area contributed by atoms with Gasteiger partial charge in [-0.2, -0.15) is 0 Å². The lowest BCUT2D eigenvalue weighted by atomic mass is 10.0. The van der Waals surface area contributed by atoms with E-state index in [0.29, 0.717) is 10.6 Å². The maximum atomic E-state index is 5.92. The number of hydrogen-bond acceptors (Lipinski definition) is 2. The van der Waals surface area contributed by atoms with Crippen molar-refractivity contribution in [1.82, 2.24) is 4.98 Å². The predicted molar refractivity (Wildman–Crippen MR) is 79.8 cm³/mol. The van der Waals surface area contributed by atoms with Crippen LogP contribution >= 0.6 is 15.9 Å². The van der Waals surface area contributed by atoms with Crippen LogP contribution in [-0.2, 0) is 6.42 Å². The highest BCUT2D eigenvalue weighted by molar-refractivity contribution is 9.09. The first-order chi connectivity index (χ1) is 8.68.